The smallest absolute Gasteiger partial charge is 0.132 e. The lowest BCUT2D eigenvalue weighted by atomic mass is 10.1. The van der Waals surface area contributed by atoms with Gasteiger partial charge in [0.2, 0.25) is 0 Å². The zero-order chi connectivity index (χ0) is 12.1. The van der Waals surface area contributed by atoms with Crippen molar-refractivity contribution < 1.29 is 0 Å². The van der Waals surface area contributed by atoms with Gasteiger partial charge >= 0.3 is 0 Å². The molecule has 1 aromatic rings. The van der Waals surface area contributed by atoms with Gasteiger partial charge in [0.25, 0.3) is 0 Å². The number of anilines is 1. The van der Waals surface area contributed by atoms with Gasteiger partial charge in [-0.3, -0.25) is 0 Å². The molecular weight excluding hydrogens is 210 g/mol. The molecule has 0 atom stereocenters. The molecule has 0 fully saturated rings. The van der Waals surface area contributed by atoms with E-state index in [9.17, 15) is 0 Å². The molecule has 1 aliphatic heterocycles. The van der Waals surface area contributed by atoms with Gasteiger partial charge in [-0.25, -0.2) is 4.68 Å². The van der Waals surface area contributed by atoms with E-state index in [0.717, 1.165) is 25.3 Å². The molecule has 1 aromatic heterocycles. The van der Waals surface area contributed by atoms with Crippen molar-refractivity contribution >= 4 is 11.4 Å². The molecule has 0 saturated heterocycles. The Kier molecular flexibility index (Phi) is 3.81. The van der Waals surface area contributed by atoms with E-state index in [4.69, 9.17) is 0 Å². The maximum Gasteiger partial charge on any atom is 0.132 e. The van der Waals surface area contributed by atoms with Crippen molar-refractivity contribution in [3.63, 3.8) is 0 Å². The van der Waals surface area contributed by atoms with E-state index in [1.807, 2.05) is 30.8 Å². The molecule has 0 radical (unpaired) electrons. The van der Waals surface area contributed by atoms with Gasteiger partial charge in [0.05, 0.1) is 6.20 Å². The van der Waals surface area contributed by atoms with Gasteiger partial charge in [-0.05, 0) is 25.8 Å². The molecule has 0 bridgehead atoms. The molecule has 3 heteroatoms. The van der Waals surface area contributed by atoms with Crippen LogP contribution in [-0.2, 0) is 6.54 Å². The van der Waals surface area contributed by atoms with Crippen LogP contribution in [0, 0.1) is 0 Å². The van der Waals surface area contributed by atoms with Crippen LogP contribution < -0.4 is 5.32 Å². The molecule has 0 aromatic carbocycles. The van der Waals surface area contributed by atoms with Gasteiger partial charge in [-0.1, -0.05) is 30.4 Å². The van der Waals surface area contributed by atoms with Gasteiger partial charge in [-0.2, -0.15) is 5.10 Å². The van der Waals surface area contributed by atoms with Crippen LogP contribution in [0.5, 0.6) is 0 Å². The molecule has 0 amide bonds. The number of nitrogens with one attached hydrogen (secondary N) is 1. The first kappa shape index (κ1) is 11.7. The number of aromatic nitrogens is 2. The lowest BCUT2D eigenvalue weighted by molar-refractivity contribution is 0.567. The zero-order valence-corrected chi connectivity index (χ0v) is 10.5. The molecule has 2 rings (SSSR count). The second-order valence-electron chi connectivity index (χ2n) is 4.06. The highest BCUT2D eigenvalue weighted by Crippen LogP contribution is 2.27. The summed E-state index contributed by atoms with van der Waals surface area (Å²) in [6.07, 6.45) is 13.5. The van der Waals surface area contributed by atoms with Crippen LogP contribution in [0.15, 0.2) is 36.6 Å². The summed E-state index contributed by atoms with van der Waals surface area (Å²) < 4.78 is 2.05. The largest absolute Gasteiger partial charge is 0.370 e. The van der Waals surface area contributed by atoms with Crippen LogP contribution in [0.1, 0.15) is 25.8 Å². The number of allylic oxidation sites excluding steroid dienone is 6. The summed E-state index contributed by atoms with van der Waals surface area (Å²) in [5, 5.41) is 7.85. The standard InChI is InChI=1S/C14H19N3/c1-3-5-8-12(7-4-2)13-11-16-17-10-6-9-15-14(13)17/h3-5,7-8,11,15H,6,9-10H2,1-2H3/b5-3-,7-4-,12-8+. The maximum absolute atomic E-state index is 4.42. The molecule has 2 heterocycles. The Hall–Kier alpha value is -1.77. The Morgan fingerprint density at radius 2 is 2.29 bits per heavy atom. The van der Waals surface area contributed by atoms with Gasteiger partial charge in [0.15, 0.2) is 0 Å². The first-order valence-electron chi connectivity index (χ1n) is 6.12. The van der Waals surface area contributed by atoms with E-state index >= 15 is 0 Å². The zero-order valence-electron chi connectivity index (χ0n) is 10.5. The number of hydrogen-bond donors (Lipinski definition) is 1. The normalized spacial score (nSPS) is 16.5. The average Bonchev–Trinajstić information content (AvgIpc) is 2.78. The Bertz CT molecular complexity index is 464. The molecule has 1 aliphatic rings. The first-order valence-corrected chi connectivity index (χ1v) is 6.12. The van der Waals surface area contributed by atoms with E-state index in [0.29, 0.717) is 0 Å². The van der Waals surface area contributed by atoms with Crippen LogP contribution in [-0.4, -0.2) is 16.3 Å². The molecule has 0 aliphatic carbocycles. The summed E-state index contributed by atoms with van der Waals surface area (Å²) >= 11 is 0. The van der Waals surface area contributed by atoms with Crippen molar-refractivity contribution in [2.45, 2.75) is 26.8 Å². The third kappa shape index (κ3) is 2.49. The summed E-state index contributed by atoms with van der Waals surface area (Å²) in [7, 11) is 0. The van der Waals surface area contributed by atoms with Gasteiger partial charge < -0.3 is 5.32 Å². The summed E-state index contributed by atoms with van der Waals surface area (Å²) in [5.41, 5.74) is 2.38. The van der Waals surface area contributed by atoms with Crippen LogP contribution in [0.25, 0.3) is 5.57 Å². The Morgan fingerprint density at radius 3 is 3.06 bits per heavy atom. The van der Waals surface area contributed by atoms with E-state index < -0.39 is 0 Å². The fourth-order valence-corrected chi connectivity index (χ4v) is 2.00. The van der Waals surface area contributed by atoms with E-state index in [1.54, 1.807) is 0 Å². The summed E-state index contributed by atoms with van der Waals surface area (Å²) in [4.78, 5) is 0. The van der Waals surface area contributed by atoms with E-state index in [-0.39, 0.29) is 0 Å². The van der Waals surface area contributed by atoms with Crippen molar-refractivity contribution in [2.24, 2.45) is 0 Å². The molecular formula is C14H19N3. The number of aryl methyl sites for hydroxylation is 1. The minimum absolute atomic E-state index is 1.01. The maximum atomic E-state index is 4.42. The van der Waals surface area contributed by atoms with Gasteiger partial charge in [-0.15, -0.1) is 0 Å². The molecule has 0 spiro atoms. The predicted octanol–water partition coefficient (Wildman–Crippen LogP) is 3.23. The highest BCUT2D eigenvalue weighted by molar-refractivity contribution is 5.81. The number of fused-ring (bicyclic) bond motifs is 1. The molecule has 0 saturated carbocycles. The monoisotopic (exact) mass is 229 g/mol. The van der Waals surface area contributed by atoms with Crippen LogP contribution in [0.4, 0.5) is 5.82 Å². The third-order valence-corrected chi connectivity index (χ3v) is 2.80. The fraction of sp³-hybridized carbons (Fsp3) is 0.357. The van der Waals surface area contributed by atoms with E-state index in [2.05, 4.69) is 34.7 Å². The first-order chi connectivity index (χ1) is 8.36. The second kappa shape index (κ2) is 5.53. The summed E-state index contributed by atoms with van der Waals surface area (Å²) in [5.74, 6) is 1.14. The highest BCUT2D eigenvalue weighted by atomic mass is 15.3. The predicted molar refractivity (Wildman–Crippen MR) is 72.9 cm³/mol. The summed E-state index contributed by atoms with van der Waals surface area (Å²) in [6, 6.07) is 0. The minimum atomic E-state index is 1.01. The van der Waals surface area contributed by atoms with Gasteiger partial charge in [0, 0.05) is 18.7 Å². The lowest BCUT2D eigenvalue weighted by Crippen LogP contribution is -2.18. The Morgan fingerprint density at radius 1 is 1.41 bits per heavy atom. The van der Waals surface area contributed by atoms with E-state index in [1.165, 1.54) is 11.1 Å². The van der Waals surface area contributed by atoms with Gasteiger partial charge in [0.1, 0.15) is 5.82 Å². The number of nitrogens with zero attached hydrogens (tertiary/aromatic N) is 2. The topological polar surface area (TPSA) is 29.9 Å². The SMILES string of the molecule is C\C=C/C=C(\C=C/C)c1cnn2c1NCCC2. The van der Waals surface area contributed by atoms with Crippen LogP contribution >= 0.6 is 0 Å². The highest BCUT2D eigenvalue weighted by Gasteiger charge is 2.15. The van der Waals surface area contributed by atoms with Crippen molar-refractivity contribution in [3.05, 3.63) is 42.1 Å². The van der Waals surface area contributed by atoms with Crippen molar-refractivity contribution in [3.8, 4) is 0 Å². The Balaban J connectivity index is 2.39. The van der Waals surface area contributed by atoms with Crippen LogP contribution in [0.2, 0.25) is 0 Å². The van der Waals surface area contributed by atoms with Crippen molar-refractivity contribution in [1.29, 1.82) is 0 Å². The third-order valence-electron chi connectivity index (χ3n) is 2.80. The fourth-order valence-electron chi connectivity index (χ4n) is 2.00. The lowest BCUT2D eigenvalue weighted by Gasteiger charge is -2.17. The number of rotatable bonds is 3. The Labute approximate surface area is 103 Å². The number of hydrogen-bond acceptors (Lipinski definition) is 2. The minimum Gasteiger partial charge on any atom is -0.370 e. The van der Waals surface area contributed by atoms with Crippen molar-refractivity contribution in [1.82, 2.24) is 9.78 Å². The second-order valence-corrected chi connectivity index (χ2v) is 4.06. The van der Waals surface area contributed by atoms with Crippen molar-refractivity contribution in [2.75, 3.05) is 11.9 Å². The molecule has 1 N–H and O–H groups in total. The molecule has 17 heavy (non-hydrogen) atoms. The molecule has 3 nitrogen and oxygen atoms in total. The summed E-state index contributed by atoms with van der Waals surface area (Å²) in [6.45, 7) is 6.10. The molecule has 0 unspecified atom stereocenters. The quantitative estimate of drug-likeness (QED) is 0.806. The molecule has 90 valence electrons. The van der Waals surface area contributed by atoms with Crippen LogP contribution in [0.3, 0.4) is 0 Å². The average molecular weight is 229 g/mol.